The van der Waals surface area contributed by atoms with Crippen LogP contribution in [0.4, 0.5) is 0 Å². The van der Waals surface area contributed by atoms with Crippen LogP contribution in [0.25, 0.3) is 10.8 Å². The van der Waals surface area contributed by atoms with Crippen LogP contribution >= 0.6 is 23.5 Å². The lowest BCUT2D eigenvalue weighted by Gasteiger charge is -2.31. The van der Waals surface area contributed by atoms with Gasteiger partial charge in [-0.3, -0.25) is 4.79 Å². The van der Waals surface area contributed by atoms with Crippen molar-refractivity contribution in [2.24, 2.45) is 0 Å². The maximum atomic E-state index is 12.8. The number of thioether (sulfide) groups is 2. The first-order chi connectivity index (χ1) is 8.83. The molecule has 1 aliphatic carbocycles. The van der Waals surface area contributed by atoms with Crippen LogP contribution in [-0.4, -0.2) is 17.3 Å². The monoisotopic (exact) mass is 272 g/mol. The molecule has 1 nitrogen and oxygen atoms in total. The molecule has 1 spiro atoms. The maximum Gasteiger partial charge on any atom is 0.194 e. The lowest BCUT2D eigenvalue weighted by atomic mass is 10.1. The summed E-state index contributed by atoms with van der Waals surface area (Å²) >= 11 is 3.65. The van der Waals surface area contributed by atoms with Crippen molar-refractivity contribution < 1.29 is 4.79 Å². The van der Waals surface area contributed by atoms with Gasteiger partial charge in [-0.2, -0.15) is 0 Å². The van der Waals surface area contributed by atoms with Crippen molar-refractivity contribution in [3.05, 3.63) is 47.5 Å². The molecule has 0 unspecified atom stereocenters. The van der Waals surface area contributed by atoms with Crippen LogP contribution in [0.15, 0.2) is 36.4 Å². The topological polar surface area (TPSA) is 17.1 Å². The zero-order chi connectivity index (χ0) is 12.2. The normalized spacial score (nSPS) is 20.8. The summed E-state index contributed by atoms with van der Waals surface area (Å²) < 4.78 is -0.346. The van der Waals surface area contributed by atoms with Gasteiger partial charge in [-0.25, -0.2) is 0 Å². The van der Waals surface area contributed by atoms with Gasteiger partial charge in [0.2, 0.25) is 0 Å². The van der Waals surface area contributed by atoms with Gasteiger partial charge in [-0.1, -0.05) is 36.4 Å². The maximum absolute atomic E-state index is 12.8. The molecule has 2 aromatic rings. The van der Waals surface area contributed by atoms with E-state index in [2.05, 4.69) is 24.3 Å². The average molecular weight is 272 g/mol. The molecule has 0 radical (unpaired) electrons. The van der Waals surface area contributed by atoms with Crippen molar-refractivity contribution in [1.82, 2.24) is 0 Å². The molecule has 0 amide bonds. The molecule has 1 heterocycles. The van der Waals surface area contributed by atoms with Crippen molar-refractivity contribution in [2.45, 2.75) is 10.5 Å². The molecule has 0 atom stereocenters. The Balaban J connectivity index is 2.07. The Morgan fingerprint density at radius 1 is 1.00 bits per heavy atom. The van der Waals surface area contributed by atoms with Crippen molar-refractivity contribution in [3.8, 4) is 0 Å². The van der Waals surface area contributed by atoms with E-state index >= 15 is 0 Å². The Kier molecular flexibility index (Phi) is 2.30. The van der Waals surface area contributed by atoms with E-state index in [-0.39, 0.29) is 4.08 Å². The number of Topliss-reactive ketones (excluding diaryl/α,β-unsaturated/α-hetero) is 1. The standard InChI is InChI=1S/C15H12OS2/c16-14-11-6-1-4-10-5-2-7-12(13(10)11)15(14)17-8-3-9-18-15/h1-2,4-7H,3,8-9H2. The average Bonchev–Trinajstić information content (AvgIpc) is 2.66. The van der Waals surface area contributed by atoms with Crippen LogP contribution in [0, 0.1) is 0 Å². The van der Waals surface area contributed by atoms with Gasteiger partial charge in [0.05, 0.1) is 0 Å². The minimum atomic E-state index is -0.346. The SMILES string of the molecule is O=C1c2cccc3cccc(c23)C12SCCCS2. The third-order valence-corrected chi connectivity index (χ3v) is 7.02. The second-order valence-electron chi connectivity index (χ2n) is 4.71. The molecule has 1 fully saturated rings. The van der Waals surface area contributed by atoms with Gasteiger partial charge in [0.25, 0.3) is 0 Å². The van der Waals surface area contributed by atoms with Gasteiger partial charge < -0.3 is 0 Å². The highest BCUT2D eigenvalue weighted by Crippen LogP contribution is 2.57. The number of ketones is 1. The summed E-state index contributed by atoms with van der Waals surface area (Å²) in [5.41, 5.74) is 2.15. The lowest BCUT2D eigenvalue weighted by Crippen LogP contribution is -2.28. The summed E-state index contributed by atoms with van der Waals surface area (Å²) in [6, 6.07) is 12.4. The highest BCUT2D eigenvalue weighted by Gasteiger charge is 2.49. The molecule has 0 saturated carbocycles. The number of hydrogen-bond acceptors (Lipinski definition) is 3. The Morgan fingerprint density at radius 2 is 1.72 bits per heavy atom. The molecule has 0 N–H and O–H groups in total. The summed E-state index contributed by atoms with van der Waals surface area (Å²) in [7, 11) is 0. The van der Waals surface area contributed by atoms with Gasteiger partial charge in [0.15, 0.2) is 9.86 Å². The first kappa shape index (κ1) is 10.9. The van der Waals surface area contributed by atoms with E-state index in [9.17, 15) is 4.79 Å². The molecule has 0 bridgehead atoms. The number of hydrogen-bond donors (Lipinski definition) is 0. The van der Waals surface area contributed by atoms with Crippen molar-refractivity contribution in [1.29, 1.82) is 0 Å². The molecular weight excluding hydrogens is 260 g/mol. The summed E-state index contributed by atoms with van der Waals surface area (Å²) in [6.07, 6.45) is 1.21. The fourth-order valence-electron chi connectivity index (χ4n) is 2.92. The smallest absolute Gasteiger partial charge is 0.194 e. The van der Waals surface area contributed by atoms with E-state index in [4.69, 9.17) is 0 Å². The van der Waals surface area contributed by atoms with E-state index in [1.807, 2.05) is 35.7 Å². The minimum Gasteiger partial charge on any atom is -0.291 e. The fourth-order valence-corrected chi connectivity index (χ4v) is 6.22. The third kappa shape index (κ3) is 1.24. The lowest BCUT2D eigenvalue weighted by molar-refractivity contribution is 0.0985. The summed E-state index contributed by atoms with van der Waals surface area (Å²) in [4.78, 5) is 12.8. The summed E-state index contributed by atoms with van der Waals surface area (Å²) in [5.74, 6) is 2.48. The largest absolute Gasteiger partial charge is 0.291 e. The van der Waals surface area contributed by atoms with Crippen molar-refractivity contribution in [3.63, 3.8) is 0 Å². The molecule has 18 heavy (non-hydrogen) atoms. The molecule has 2 aliphatic rings. The molecule has 90 valence electrons. The molecular formula is C15H12OS2. The van der Waals surface area contributed by atoms with E-state index in [1.54, 1.807) is 0 Å². The number of fused-ring (bicyclic) bond motifs is 1. The van der Waals surface area contributed by atoms with Gasteiger partial charge in [-0.05, 0) is 34.3 Å². The van der Waals surface area contributed by atoms with Crippen molar-refractivity contribution >= 4 is 40.1 Å². The van der Waals surface area contributed by atoms with E-state index in [1.165, 1.54) is 22.8 Å². The van der Waals surface area contributed by atoms with E-state index < -0.39 is 0 Å². The van der Waals surface area contributed by atoms with Crippen LogP contribution in [0.5, 0.6) is 0 Å². The zero-order valence-corrected chi connectivity index (χ0v) is 11.4. The summed E-state index contributed by atoms with van der Waals surface area (Å²) in [6.45, 7) is 0. The first-order valence-corrected chi connectivity index (χ1v) is 8.15. The van der Waals surface area contributed by atoms with Gasteiger partial charge >= 0.3 is 0 Å². The highest BCUT2D eigenvalue weighted by atomic mass is 32.2. The highest BCUT2D eigenvalue weighted by molar-refractivity contribution is 8.19. The molecule has 1 saturated heterocycles. The predicted molar refractivity (Wildman–Crippen MR) is 79.5 cm³/mol. The third-order valence-electron chi connectivity index (χ3n) is 3.70. The van der Waals surface area contributed by atoms with Gasteiger partial charge in [-0.15, -0.1) is 23.5 Å². The molecule has 2 aromatic carbocycles. The second kappa shape index (κ2) is 3.78. The molecule has 0 aromatic heterocycles. The zero-order valence-electron chi connectivity index (χ0n) is 9.81. The van der Waals surface area contributed by atoms with Crippen LogP contribution < -0.4 is 0 Å². The predicted octanol–water partition coefficient (Wildman–Crippen LogP) is 4.06. The number of rotatable bonds is 0. The Hall–Kier alpha value is -0.930. The second-order valence-corrected chi connectivity index (χ2v) is 7.58. The van der Waals surface area contributed by atoms with E-state index in [0.717, 1.165) is 17.1 Å². The van der Waals surface area contributed by atoms with Crippen LogP contribution in [-0.2, 0) is 4.08 Å². The number of carbonyl (C=O) groups excluding carboxylic acids is 1. The fraction of sp³-hybridized carbons (Fsp3) is 0.267. The Labute approximate surface area is 114 Å². The first-order valence-electron chi connectivity index (χ1n) is 6.18. The quantitative estimate of drug-likeness (QED) is 0.720. The number of carbonyl (C=O) groups is 1. The van der Waals surface area contributed by atoms with Crippen LogP contribution in [0.1, 0.15) is 22.3 Å². The van der Waals surface area contributed by atoms with Crippen molar-refractivity contribution in [2.75, 3.05) is 11.5 Å². The van der Waals surface area contributed by atoms with E-state index in [0.29, 0.717) is 5.78 Å². The summed E-state index contributed by atoms with van der Waals surface area (Å²) in [5, 5.41) is 2.38. The van der Waals surface area contributed by atoms with Gasteiger partial charge in [0.1, 0.15) is 0 Å². The Morgan fingerprint density at radius 3 is 2.50 bits per heavy atom. The number of benzene rings is 2. The minimum absolute atomic E-state index is 0.309. The Bertz CT molecular complexity index is 651. The molecule has 1 aliphatic heterocycles. The van der Waals surface area contributed by atoms with Crippen LogP contribution in [0.3, 0.4) is 0 Å². The molecule has 4 rings (SSSR count). The molecule has 3 heteroatoms. The van der Waals surface area contributed by atoms with Gasteiger partial charge in [0, 0.05) is 5.56 Å². The van der Waals surface area contributed by atoms with Crippen LogP contribution in [0.2, 0.25) is 0 Å².